The number of aromatic nitrogens is 2. The Kier molecular flexibility index (Phi) is 4.15. The molecule has 0 unspecified atom stereocenters. The zero-order chi connectivity index (χ0) is 13.8. The zero-order valence-electron chi connectivity index (χ0n) is 12.1. The van der Waals surface area contributed by atoms with Crippen LogP contribution in [0.4, 0.5) is 5.82 Å². The molecule has 0 atom stereocenters. The highest BCUT2D eigenvalue weighted by atomic mass is 15.0. The molecule has 0 aliphatic carbocycles. The van der Waals surface area contributed by atoms with E-state index in [0.717, 1.165) is 41.4 Å². The SMILES string of the molecule is CCCNc1nc(-c2ccccc2C)nc(C)c1C. The molecule has 19 heavy (non-hydrogen) atoms. The van der Waals surface area contributed by atoms with E-state index >= 15 is 0 Å². The summed E-state index contributed by atoms with van der Waals surface area (Å²) in [5.74, 6) is 1.76. The van der Waals surface area contributed by atoms with Crippen molar-refractivity contribution in [1.82, 2.24) is 9.97 Å². The van der Waals surface area contributed by atoms with Crippen LogP contribution in [0.15, 0.2) is 24.3 Å². The second-order valence-electron chi connectivity index (χ2n) is 4.85. The Morgan fingerprint density at radius 2 is 1.79 bits per heavy atom. The van der Waals surface area contributed by atoms with Crippen molar-refractivity contribution in [3.05, 3.63) is 41.1 Å². The zero-order valence-corrected chi connectivity index (χ0v) is 12.1. The van der Waals surface area contributed by atoms with Crippen LogP contribution in [0.25, 0.3) is 11.4 Å². The van der Waals surface area contributed by atoms with Crippen LogP contribution < -0.4 is 5.32 Å². The van der Waals surface area contributed by atoms with Gasteiger partial charge in [0, 0.05) is 23.4 Å². The summed E-state index contributed by atoms with van der Waals surface area (Å²) >= 11 is 0. The molecule has 100 valence electrons. The second-order valence-corrected chi connectivity index (χ2v) is 4.85. The monoisotopic (exact) mass is 255 g/mol. The summed E-state index contributed by atoms with van der Waals surface area (Å²) in [4.78, 5) is 9.30. The standard InChI is InChI=1S/C16H21N3/c1-5-10-17-15-12(3)13(4)18-16(19-15)14-9-7-6-8-11(14)2/h6-9H,5,10H2,1-4H3,(H,17,18,19). The molecule has 1 aromatic heterocycles. The van der Waals surface area contributed by atoms with Crippen molar-refractivity contribution in [3.8, 4) is 11.4 Å². The Hall–Kier alpha value is -1.90. The predicted octanol–water partition coefficient (Wildman–Crippen LogP) is 3.89. The van der Waals surface area contributed by atoms with E-state index in [9.17, 15) is 0 Å². The van der Waals surface area contributed by atoms with Crippen LogP contribution in [-0.4, -0.2) is 16.5 Å². The van der Waals surface area contributed by atoms with Crippen LogP contribution >= 0.6 is 0 Å². The van der Waals surface area contributed by atoms with Gasteiger partial charge < -0.3 is 5.32 Å². The molecule has 0 saturated carbocycles. The molecule has 0 amide bonds. The third kappa shape index (κ3) is 2.92. The van der Waals surface area contributed by atoms with Gasteiger partial charge in [-0.1, -0.05) is 31.2 Å². The van der Waals surface area contributed by atoms with Crippen LogP contribution in [0, 0.1) is 20.8 Å². The van der Waals surface area contributed by atoms with Gasteiger partial charge in [0.15, 0.2) is 5.82 Å². The number of anilines is 1. The van der Waals surface area contributed by atoms with Crippen LogP contribution in [0.3, 0.4) is 0 Å². The lowest BCUT2D eigenvalue weighted by Crippen LogP contribution is -2.07. The van der Waals surface area contributed by atoms with E-state index in [1.807, 2.05) is 19.1 Å². The molecule has 1 heterocycles. The topological polar surface area (TPSA) is 37.8 Å². The fourth-order valence-electron chi connectivity index (χ4n) is 1.99. The van der Waals surface area contributed by atoms with Crippen LogP contribution in [0.5, 0.6) is 0 Å². The number of aryl methyl sites for hydroxylation is 2. The van der Waals surface area contributed by atoms with Crippen LogP contribution in [-0.2, 0) is 0 Å². The molecule has 0 aliphatic heterocycles. The molecule has 3 heteroatoms. The summed E-state index contributed by atoms with van der Waals surface area (Å²) in [5, 5.41) is 3.38. The largest absolute Gasteiger partial charge is 0.370 e. The van der Waals surface area contributed by atoms with Crippen LogP contribution in [0.1, 0.15) is 30.2 Å². The summed E-state index contributed by atoms with van der Waals surface area (Å²) in [5.41, 5.74) is 4.47. The molecule has 1 aromatic carbocycles. The quantitative estimate of drug-likeness (QED) is 0.900. The second kappa shape index (κ2) is 5.83. The van der Waals surface area contributed by atoms with Gasteiger partial charge in [-0.05, 0) is 32.8 Å². The van der Waals surface area contributed by atoms with Gasteiger partial charge in [0.05, 0.1) is 0 Å². The van der Waals surface area contributed by atoms with Gasteiger partial charge in [-0.2, -0.15) is 0 Å². The molecular formula is C16H21N3. The normalized spacial score (nSPS) is 10.5. The van der Waals surface area contributed by atoms with E-state index in [4.69, 9.17) is 0 Å². The maximum atomic E-state index is 4.68. The van der Waals surface area contributed by atoms with Crippen molar-refractivity contribution in [3.63, 3.8) is 0 Å². The van der Waals surface area contributed by atoms with E-state index in [1.165, 1.54) is 5.56 Å². The van der Waals surface area contributed by atoms with Crippen LogP contribution in [0.2, 0.25) is 0 Å². The fraction of sp³-hybridized carbons (Fsp3) is 0.375. The van der Waals surface area contributed by atoms with Gasteiger partial charge in [0.1, 0.15) is 5.82 Å². The number of hydrogen-bond donors (Lipinski definition) is 1. The van der Waals surface area contributed by atoms with Gasteiger partial charge in [-0.25, -0.2) is 9.97 Å². The van der Waals surface area contributed by atoms with Gasteiger partial charge in [0.2, 0.25) is 0 Å². The minimum absolute atomic E-state index is 0.805. The van der Waals surface area contributed by atoms with Gasteiger partial charge in [0.25, 0.3) is 0 Å². The number of rotatable bonds is 4. The summed E-state index contributed by atoms with van der Waals surface area (Å²) in [6, 6.07) is 8.23. The minimum Gasteiger partial charge on any atom is -0.370 e. The van der Waals surface area contributed by atoms with Crippen molar-refractivity contribution in [2.45, 2.75) is 34.1 Å². The number of nitrogens with one attached hydrogen (secondary N) is 1. The lowest BCUT2D eigenvalue weighted by molar-refractivity contribution is 0.954. The molecule has 0 radical (unpaired) electrons. The Balaban J connectivity index is 2.47. The molecule has 2 aromatic rings. The number of benzene rings is 1. The van der Waals surface area contributed by atoms with Crippen molar-refractivity contribution < 1.29 is 0 Å². The Labute approximate surface area is 115 Å². The van der Waals surface area contributed by atoms with Gasteiger partial charge in [-0.15, -0.1) is 0 Å². The Morgan fingerprint density at radius 1 is 1.05 bits per heavy atom. The minimum atomic E-state index is 0.805. The molecule has 0 saturated heterocycles. The fourth-order valence-corrected chi connectivity index (χ4v) is 1.99. The summed E-state index contributed by atoms with van der Waals surface area (Å²) < 4.78 is 0. The van der Waals surface area contributed by atoms with E-state index in [1.54, 1.807) is 0 Å². The molecule has 0 aliphatic rings. The highest BCUT2D eigenvalue weighted by molar-refractivity contribution is 5.63. The first kappa shape index (κ1) is 13.5. The Bertz CT molecular complexity index is 576. The van der Waals surface area contributed by atoms with Gasteiger partial charge in [-0.3, -0.25) is 0 Å². The molecule has 2 rings (SSSR count). The molecule has 3 nitrogen and oxygen atoms in total. The first-order valence-corrected chi connectivity index (χ1v) is 6.78. The molecular weight excluding hydrogens is 234 g/mol. The lowest BCUT2D eigenvalue weighted by Gasteiger charge is -2.12. The molecule has 0 fully saturated rings. The van der Waals surface area contributed by atoms with E-state index in [2.05, 4.69) is 48.2 Å². The lowest BCUT2D eigenvalue weighted by atomic mass is 10.1. The third-order valence-electron chi connectivity index (χ3n) is 3.32. The van der Waals surface area contributed by atoms with Crippen molar-refractivity contribution in [2.75, 3.05) is 11.9 Å². The summed E-state index contributed by atoms with van der Waals surface area (Å²) in [7, 11) is 0. The highest BCUT2D eigenvalue weighted by Gasteiger charge is 2.10. The maximum absolute atomic E-state index is 4.68. The summed E-state index contributed by atoms with van der Waals surface area (Å²) in [6.07, 6.45) is 1.09. The predicted molar refractivity (Wildman–Crippen MR) is 80.5 cm³/mol. The first-order valence-electron chi connectivity index (χ1n) is 6.78. The van der Waals surface area contributed by atoms with E-state index in [-0.39, 0.29) is 0 Å². The van der Waals surface area contributed by atoms with Crippen molar-refractivity contribution in [1.29, 1.82) is 0 Å². The van der Waals surface area contributed by atoms with Crippen molar-refractivity contribution >= 4 is 5.82 Å². The summed E-state index contributed by atoms with van der Waals surface area (Å²) in [6.45, 7) is 9.28. The number of hydrogen-bond acceptors (Lipinski definition) is 3. The van der Waals surface area contributed by atoms with Crippen molar-refractivity contribution in [2.24, 2.45) is 0 Å². The maximum Gasteiger partial charge on any atom is 0.162 e. The smallest absolute Gasteiger partial charge is 0.162 e. The Morgan fingerprint density at radius 3 is 2.47 bits per heavy atom. The molecule has 1 N–H and O–H groups in total. The molecule has 0 spiro atoms. The third-order valence-corrected chi connectivity index (χ3v) is 3.32. The number of nitrogens with zero attached hydrogens (tertiary/aromatic N) is 2. The highest BCUT2D eigenvalue weighted by Crippen LogP contribution is 2.23. The average molecular weight is 255 g/mol. The molecule has 0 bridgehead atoms. The van der Waals surface area contributed by atoms with Gasteiger partial charge >= 0.3 is 0 Å². The average Bonchev–Trinajstić information content (AvgIpc) is 2.41. The van der Waals surface area contributed by atoms with E-state index in [0.29, 0.717) is 0 Å². The first-order chi connectivity index (χ1) is 9.13. The van der Waals surface area contributed by atoms with E-state index < -0.39 is 0 Å².